The van der Waals surface area contributed by atoms with Crippen molar-refractivity contribution >= 4 is 11.9 Å². The highest BCUT2D eigenvalue weighted by atomic mass is 15.3. The molecule has 1 aliphatic rings. The molecule has 1 rings (SSSR count). The maximum atomic E-state index is 5.44. The molecule has 0 radical (unpaired) electrons. The van der Waals surface area contributed by atoms with Crippen molar-refractivity contribution < 1.29 is 0 Å². The third-order valence-electron chi connectivity index (χ3n) is 2.79. The molecule has 0 aromatic heterocycles. The fourth-order valence-corrected chi connectivity index (χ4v) is 1.68. The Labute approximate surface area is 97.6 Å². The minimum Gasteiger partial charge on any atom is -0.370 e. The zero-order chi connectivity index (χ0) is 12.0. The Morgan fingerprint density at radius 3 is 2.38 bits per heavy atom. The number of nitrogens with zero attached hydrogens (tertiary/aromatic N) is 3. The van der Waals surface area contributed by atoms with E-state index in [2.05, 4.69) is 28.7 Å². The molecule has 4 N–H and O–H groups in total. The van der Waals surface area contributed by atoms with E-state index in [0.717, 1.165) is 19.5 Å². The number of nitrogens with two attached hydrogens (primary N) is 2. The van der Waals surface area contributed by atoms with Gasteiger partial charge in [-0.25, -0.2) is 4.99 Å². The van der Waals surface area contributed by atoms with Gasteiger partial charge in [-0.15, -0.1) is 0 Å². The van der Waals surface area contributed by atoms with Gasteiger partial charge in [0, 0.05) is 13.1 Å². The summed E-state index contributed by atoms with van der Waals surface area (Å²) >= 11 is 0. The molecule has 0 aliphatic carbocycles. The number of piperidine rings is 1. The fourth-order valence-electron chi connectivity index (χ4n) is 1.68. The maximum Gasteiger partial charge on any atom is 0.224 e. The number of rotatable bonds is 2. The molecule has 1 fully saturated rings. The normalized spacial score (nSPS) is 19.4. The van der Waals surface area contributed by atoms with Gasteiger partial charge in [-0.1, -0.05) is 6.92 Å². The zero-order valence-electron chi connectivity index (χ0n) is 10.3. The van der Waals surface area contributed by atoms with E-state index in [-0.39, 0.29) is 12.0 Å². The Morgan fingerprint density at radius 2 is 1.88 bits per heavy atom. The Hall–Kier alpha value is -1.26. The Balaban J connectivity index is 2.77. The lowest BCUT2D eigenvalue weighted by atomic mass is 10.1. The summed E-state index contributed by atoms with van der Waals surface area (Å²) in [7, 11) is 0. The van der Waals surface area contributed by atoms with E-state index >= 15 is 0 Å². The summed E-state index contributed by atoms with van der Waals surface area (Å²) in [5.41, 5.74) is 10.9. The minimum atomic E-state index is 0.0904. The SMILES string of the molecule is CCC(C)N=C(N=C(N)N)N1CCCCC1. The molecule has 0 spiro atoms. The van der Waals surface area contributed by atoms with Gasteiger partial charge in [0.05, 0.1) is 6.04 Å². The Bertz CT molecular complexity index is 262. The quantitative estimate of drug-likeness (QED) is 0.541. The van der Waals surface area contributed by atoms with Crippen molar-refractivity contribution in [2.24, 2.45) is 21.5 Å². The van der Waals surface area contributed by atoms with Crippen LogP contribution in [0.15, 0.2) is 9.98 Å². The van der Waals surface area contributed by atoms with Gasteiger partial charge < -0.3 is 16.4 Å². The molecule has 1 heterocycles. The van der Waals surface area contributed by atoms with Crippen LogP contribution >= 0.6 is 0 Å². The van der Waals surface area contributed by atoms with Crippen molar-refractivity contribution in [3.8, 4) is 0 Å². The number of hydrogen-bond acceptors (Lipinski definition) is 1. The lowest BCUT2D eigenvalue weighted by Gasteiger charge is -2.28. The monoisotopic (exact) mass is 225 g/mol. The van der Waals surface area contributed by atoms with Crippen molar-refractivity contribution in [3.63, 3.8) is 0 Å². The minimum absolute atomic E-state index is 0.0904. The summed E-state index contributed by atoms with van der Waals surface area (Å²) in [6.07, 6.45) is 4.67. The molecule has 16 heavy (non-hydrogen) atoms. The van der Waals surface area contributed by atoms with Gasteiger partial charge in [-0.2, -0.15) is 4.99 Å². The van der Waals surface area contributed by atoms with E-state index in [1.165, 1.54) is 19.3 Å². The predicted octanol–water partition coefficient (Wildman–Crippen LogP) is 0.900. The van der Waals surface area contributed by atoms with Crippen LogP contribution in [0, 0.1) is 0 Å². The van der Waals surface area contributed by atoms with E-state index in [9.17, 15) is 0 Å². The highest BCUT2D eigenvalue weighted by Gasteiger charge is 2.15. The first-order valence-electron chi connectivity index (χ1n) is 6.06. The molecule has 1 saturated heterocycles. The fraction of sp³-hybridized carbons (Fsp3) is 0.818. The molecule has 0 saturated carbocycles. The van der Waals surface area contributed by atoms with Crippen LogP contribution in [0.1, 0.15) is 39.5 Å². The topological polar surface area (TPSA) is 80.0 Å². The van der Waals surface area contributed by atoms with Crippen LogP contribution in [0.5, 0.6) is 0 Å². The van der Waals surface area contributed by atoms with Crippen LogP contribution in [-0.2, 0) is 0 Å². The predicted molar refractivity (Wildman–Crippen MR) is 68.4 cm³/mol. The Kier molecular flexibility index (Phi) is 5.08. The van der Waals surface area contributed by atoms with E-state index in [1.807, 2.05) is 0 Å². The van der Waals surface area contributed by atoms with Gasteiger partial charge in [0.15, 0.2) is 5.96 Å². The molecule has 1 atom stereocenters. The molecule has 1 aliphatic heterocycles. The van der Waals surface area contributed by atoms with E-state index in [1.54, 1.807) is 0 Å². The van der Waals surface area contributed by atoms with Crippen molar-refractivity contribution in [1.29, 1.82) is 0 Å². The van der Waals surface area contributed by atoms with Crippen molar-refractivity contribution in [2.45, 2.75) is 45.6 Å². The maximum absolute atomic E-state index is 5.44. The van der Waals surface area contributed by atoms with Gasteiger partial charge in [0.1, 0.15) is 0 Å². The van der Waals surface area contributed by atoms with Crippen molar-refractivity contribution in [2.75, 3.05) is 13.1 Å². The van der Waals surface area contributed by atoms with Gasteiger partial charge in [0.25, 0.3) is 0 Å². The first kappa shape index (κ1) is 12.8. The van der Waals surface area contributed by atoms with Crippen LogP contribution < -0.4 is 11.5 Å². The van der Waals surface area contributed by atoms with E-state index in [0.29, 0.717) is 5.96 Å². The van der Waals surface area contributed by atoms with Gasteiger partial charge >= 0.3 is 0 Å². The summed E-state index contributed by atoms with van der Waals surface area (Å²) < 4.78 is 0. The van der Waals surface area contributed by atoms with E-state index in [4.69, 9.17) is 11.5 Å². The van der Waals surface area contributed by atoms with Crippen LogP contribution in [0.3, 0.4) is 0 Å². The number of guanidine groups is 2. The second kappa shape index (κ2) is 6.35. The molecule has 0 bridgehead atoms. The standard InChI is InChI=1S/C11H23N5/c1-3-9(2)14-11(15-10(12)13)16-7-5-4-6-8-16/h9H,3-8H2,1-2H3,(H4,12,13,14,15). The molecule has 5 heteroatoms. The Morgan fingerprint density at radius 1 is 1.25 bits per heavy atom. The first-order valence-corrected chi connectivity index (χ1v) is 6.06. The van der Waals surface area contributed by atoms with Crippen LogP contribution in [0.2, 0.25) is 0 Å². The molecule has 0 amide bonds. The van der Waals surface area contributed by atoms with Gasteiger partial charge in [-0.05, 0) is 32.6 Å². The summed E-state index contributed by atoms with van der Waals surface area (Å²) in [6.45, 7) is 6.20. The lowest BCUT2D eigenvalue weighted by molar-refractivity contribution is 0.337. The summed E-state index contributed by atoms with van der Waals surface area (Å²) in [5.74, 6) is 0.793. The van der Waals surface area contributed by atoms with Crippen molar-refractivity contribution in [1.82, 2.24) is 4.90 Å². The summed E-state index contributed by atoms with van der Waals surface area (Å²) in [6, 6.07) is 0.264. The second-order valence-corrected chi connectivity index (χ2v) is 4.27. The highest BCUT2D eigenvalue weighted by Crippen LogP contribution is 2.11. The largest absolute Gasteiger partial charge is 0.370 e. The van der Waals surface area contributed by atoms with Crippen LogP contribution in [-0.4, -0.2) is 36.0 Å². The second-order valence-electron chi connectivity index (χ2n) is 4.27. The lowest BCUT2D eigenvalue weighted by Crippen LogP contribution is -2.37. The molecular weight excluding hydrogens is 202 g/mol. The average Bonchev–Trinajstić information content (AvgIpc) is 2.28. The van der Waals surface area contributed by atoms with Crippen molar-refractivity contribution in [3.05, 3.63) is 0 Å². The van der Waals surface area contributed by atoms with Gasteiger partial charge in [-0.3, -0.25) is 0 Å². The number of likely N-dealkylation sites (tertiary alicyclic amines) is 1. The summed E-state index contributed by atoms with van der Waals surface area (Å²) in [4.78, 5) is 10.9. The molecule has 0 aromatic rings. The van der Waals surface area contributed by atoms with Crippen LogP contribution in [0.4, 0.5) is 0 Å². The number of aliphatic imine (C=N–C) groups is 2. The van der Waals surface area contributed by atoms with E-state index < -0.39 is 0 Å². The molecular formula is C11H23N5. The third kappa shape index (κ3) is 4.08. The molecule has 92 valence electrons. The first-order chi connectivity index (χ1) is 7.63. The molecule has 0 aromatic carbocycles. The van der Waals surface area contributed by atoms with Gasteiger partial charge in [0.2, 0.25) is 5.96 Å². The smallest absolute Gasteiger partial charge is 0.224 e. The average molecular weight is 225 g/mol. The van der Waals surface area contributed by atoms with Crippen LogP contribution in [0.25, 0.3) is 0 Å². The molecule has 5 nitrogen and oxygen atoms in total. The zero-order valence-corrected chi connectivity index (χ0v) is 10.3. The molecule has 1 unspecified atom stereocenters. The number of hydrogen-bond donors (Lipinski definition) is 2. The third-order valence-corrected chi connectivity index (χ3v) is 2.79. The highest BCUT2D eigenvalue weighted by molar-refractivity contribution is 5.93. The summed E-state index contributed by atoms with van der Waals surface area (Å²) in [5, 5.41) is 0.